The predicted molar refractivity (Wildman–Crippen MR) is 138 cm³/mol. The summed E-state index contributed by atoms with van der Waals surface area (Å²) in [5.74, 6) is -0.271. The van der Waals surface area contributed by atoms with E-state index >= 15 is 0 Å². The summed E-state index contributed by atoms with van der Waals surface area (Å²) in [5, 5.41) is 2.87. The Bertz CT molecular complexity index is 888. The van der Waals surface area contributed by atoms with Crippen molar-refractivity contribution < 1.29 is 33.3 Å². The molecular weight excluding hydrogens is 476 g/mol. The molecule has 0 aromatic carbocycles. The van der Waals surface area contributed by atoms with Gasteiger partial charge in [0.25, 0.3) is 0 Å². The van der Waals surface area contributed by atoms with Crippen LogP contribution in [0.2, 0.25) is 0 Å². The highest BCUT2D eigenvalue weighted by atomic mass is 16.7. The lowest BCUT2D eigenvalue weighted by molar-refractivity contribution is -0.187. The van der Waals surface area contributed by atoms with Crippen LogP contribution in [0, 0.1) is 0 Å². The third kappa shape index (κ3) is 8.67. The van der Waals surface area contributed by atoms with Crippen LogP contribution in [0.25, 0.3) is 0 Å². The molecule has 0 aliphatic carbocycles. The third-order valence-electron chi connectivity index (χ3n) is 7.03. The normalized spacial score (nSPS) is 32.7. The Labute approximate surface area is 220 Å². The number of nitrogens with one attached hydrogen (secondary N) is 1. The molecule has 4 aliphatic rings. The molecule has 206 valence electrons. The molecule has 4 rings (SSSR count). The minimum Gasteiger partial charge on any atom is -0.442 e. The van der Waals surface area contributed by atoms with Crippen LogP contribution in [0.4, 0.5) is 4.79 Å². The van der Waals surface area contributed by atoms with Gasteiger partial charge in [-0.05, 0) is 46.6 Å². The SMILES string of the molecule is CC(/C=C/[C@@H]1C[C@]2(CO2)CC(C)(C)O1)=C\CC1OCC(NC(=O)/C=C\[C@H](C)OC(=O)N2CCCC2)CO1. The van der Waals surface area contributed by atoms with Gasteiger partial charge >= 0.3 is 6.09 Å². The van der Waals surface area contributed by atoms with Crippen LogP contribution in [0.3, 0.4) is 0 Å². The second-order valence-electron chi connectivity index (χ2n) is 11.3. The Morgan fingerprint density at radius 1 is 1.16 bits per heavy atom. The maximum atomic E-state index is 12.2. The molecule has 4 fully saturated rings. The summed E-state index contributed by atoms with van der Waals surface area (Å²) in [7, 11) is 0. The first-order chi connectivity index (χ1) is 17.6. The van der Waals surface area contributed by atoms with Gasteiger partial charge in [0.05, 0.1) is 43.2 Å². The van der Waals surface area contributed by atoms with Gasteiger partial charge in [0.1, 0.15) is 6.10 Å². The van der Waals surface area contributed by atoms with Crippen LogP contribution in [0.5, 0.6) is 0 Å². The molecular formula is C28H42N2O7. The Hall–Kier alpha value is -2.20. The second kappa shape index (κ2) is 12.1. The maximum absolute atomic E-state index is 12.2. The molecule has 1 N–H and O–H groups in total. The van der Waals surface area contributed by atoms with Crippen molar-refractivity contribution >= 4 is 12.0 Å². The second-order valence-corrected chi connectivity index (χ2v) is 11.3. The van der Waals surface area contributed by atoms with Crippen molar-refractivity contribution in [2.75, 3.05) is 32.9 Å². The molecule has 9 nitrogen and oxygen atoms in total. The Morgan fingerprint density at radius 3 is 2.54 bits per heavy atom. The van der Waals surface area contributed by atoms with E-state index in [-0.39, 0.29) is 41.6 Å². The summed E-state index contributed by atoms with van der Waals surface area (Å²) in [5.41, 5.74) is 0.953. The summed E-state index contributed by atoms with van der Waals surface area (Å²) in [4.78, 5) is 26.0. The standard InChI is InChI=1S/C28H42N2O7/c1-20(7-10-23-15-28(19-35-28)18-27(3,4)37-23)8-12-25-33-16-22(17-34-25)29-24(31)11-9-21(2)36-26(32)30-13-5-6-14-30/h7-11,21-23,25H,5-6,12-19H2,1-4H3,(H,29,31)/b10-7+,11-9-,20-8+/t21-,22?,23+,25?,28+/m0/s1. The smallest absolute Gasteiger partial charge is 0.410 e. The molecule has 4 aliphatic heterocycles. The van der Waals surface area contributed by atoms with Gasteiger partial charge in [-0.1, -0.05) is 23.8 Å². The fourth-order valence-corrected chi connectivity index (χ4v) is 5.15. The molecule has 0 aromatic heterocycles. The van der Waals surface area contributed by atoms with Crippen LogP contribution < -0.4 is 5.32 Å². The van der Waals surface area contributed by atoms with Crippen molar-refractivity contribution in [3.05, 3.63) is 36.0 Å². The quantitative estimate of drug-likeness (QED) is 0.298. The van der Waals surface area contributed by atoms with Gasteiger partial charge < -0.3 is 33.9 Å². The lowest BCUT2D eigenvalue weighted by atomic mass is 9.85. The van der Waals surface area contributed by atoms with Gasteiger partial charge in [-0.3, -0.25) is 4.79 Å². The van der Waals surface area contributed by atoms with Gasteiger partial charge in [0, 0.05) is 38.4 Å². The van der Waals surface area contributed by atoms with E-state index < -0.39 is 6.10 Å². The predicted octanol–water partition coefficient (Wildman–Crippen LogP) is 3.64. The van der Waals surface area contributed by atoms with Crippen molar-refractivity contribution in [3.63, 3.8) is 0 Å². The van der Waals surface area contributed by atoms with E-state index in [1.807, 2.05) is 0 Å². The number of ether oxygens (including phenoxy) is 5. The minimum absolute atomic E-state index is 0.0122. The molecule has 3 atom stereocenters. The molecule has 4 heterocycles. The number of likely N-dealkylation sites (tertiary alicyclic amines) is 1. The lowest BCUT2D eigenvalue weighted by Crippen LogP contribution is -2.46. The zero-order valence-corrected chi connectivity index (χ0v) is 22.6. The average molecular weight is 519 g/mol. The van der Waals surface area contributed by atoms with Gasteiger partial charge in [-0.25, -0.2) is 4.79 Å². The summed E-state index contributed by atoms with van der Waals surface area (Å²) in [6, 6.07) is -0.232. The number of nitrogens with zero attached hydrogens (tertiary/aromatic N) is 1. The highest BCUT2D eigenvalue weighted by Gasteiger charge is 2.53. The number of carbonyl (C=O) groups is 2. The summed E-state index contributed by atoms with van der Waals surface area (Å²) >= 11 is 0. The highest BCUT2D eigenvalue weighted by Crippen LogP contribution is 2.46. The van der Waals surface area contributed by atoms with Crippen molar-refractivity contribution in [1.29, 1.82) is 0 Å². The van der Waals surface area contributed by atoms with Gasteiger partial charge in [0.2, 0.25) is 5.91 Å². The van der Waals surface area contributed by atoms with E-state index in [1.54, 1.807) is 17.9 Å². The van der Waals surface area contributed by atoms with E-state index in [0.29, 0.717) is 19.6 Å². The van der Waals surface area contributed by atoms with E-state index in [0.717, 1.165) is 51.0 Å². The summed E-state index contributed by atoms with van der Waals surface area (Å²) in [6.45, 7) is 11.1. The number of rotatable bonds is 8. The first-order valence-electron chi connectivity index (χ1n) is 13.5. The number of amides is 2. The maximum Gasteiger partial charge on any atom is 0.410 e. The van der Waals surface area contributed by atoms with Crippen molar-refractivity contribution in [2.45, 2.75) is 95.5 Å². The molecule has 0 aromatic rings. The molecule has 0 saturated carbocycles. The van der Waals surface area contributed by atoms with E-state index in [4.69, 9.17) is 23.7 Å². The van der Waals surface area contributed by atoms with Crippen molar-refractivity contribution in [2.24, 2.45) is 0 Å². The topological polar surface area (TPSA) is 98.9 Å². The van der Waals surface area contributed by atoms with Crippen LogP contribution in [0.1, 0.15) is 59.8 Å². The molecule has 1 spiro atoms. The molecule has 9 heteroatoms. The third-order valence-corrected chi connectivity index (χ3v) is 7.03. The molecule has 37 heavy (non-hydrogen) atoms. The van der Waals surface area contributed by atoms with Crippen molar-refractivity contribution in [1.82, 2.24) is 10.2 Å². The number of carbonyl (C=O) groups excluding carboxylic acids is 2. The molecule has 0 radical (unpaired) electrons. The average Bonchev–Trinajstić information content (AvgIpc) is 3.33. The van der Waals surface area contributed by atoms with Gasteiger partial charge in [0.15, 0.2) is 6.29 Å². The van der Waals surface area contributed by atoms with Gasteiger partial charge in [-0.15, -0.1) is 0 Å². The lowest BCUT2D eigenvalue weighted by Gasteiger charge is -2.38. The number of hydrogen-bond acceptors (Lipinski definition) is 7. The Morgan fingerprint density at radius 2 is 1.86 bits per heavy atom. The zero-order valence-electron chi connectivity index (χ0n) is 22.6. The van der Waals surface area contributed by atoms with E-state index in [2.05, 4.69) is 44.3 Å². The van der Waals surface area contributed by atoms with Crippen LogP contribution >= 0.6 is 0 Å². The van der Waals surface area contributed by atoms with Crippen LogP contribution in [0.15, 0.2) is 36.0 Å². The number of allylic oxidation sites excluding steroid dienone is 2. The fraction of sp³-hybridized carbons (Fsp3) is 0.714. The first kappa shape index (κ1) is 27.8. The Kier molecular flexibility index (Phi) is 9.11. The largest absolute Gasteiger partial charge is 0.442 e. The molecule has 0 unspecified atom stereocenters. The molecule has 4 saturated heterocycles. The van der Waals surface area contributed by atoms with Gasteiger partial charge in [-0.2, -0.15) is 0 Å². The molecule has 0 bridgehead atoms. The number of epoxide rings is 1. The van der Waals surface area contributed by atoms with Crippen molar-refractivity contribution in [3.8, 4) is 0 Å². The first-order valence-corrected chi connectivity index (χ1v) is 13.5. The fourth-order valence-electron chi connectivity index (χ4n) is 5.15. The Balaban J connectivity index is 1.12. The monoisotopic (exact) mass is 518 g/mol. The van der Waals surface area contributed by atoms with E-state index in [9.17, 15) is 9.59 Å². The minimum atomic E-state index is -0.481. The van der Waals surface area contributed by atoms with E-state index in [1.165, 1.54) is 6.08 Å². The molecule has 2 amide bonds. The van der Waals surface area contributed by atoms with Crippen LogP contribution in [-0.2, 0) is 28.5 Å². The highest BCUT2D eigenvalue weighted by molar-refractivity contribution is 5.87. The van der Waals surface area contributed by atoms with Crippen LogP contribution in [-0.4, -0.2) is 85.6 Å². The summed E-state index contributed by atoms with van der Waals surface area (Å²) < 4.78 is 28.8. The number of hydrogen-bond donors (Lipinski definition) is 1. The summed E-state index contributed by atoms with van der Waals surface area (Å²) in [6.07, 6.45) is 12.6. The zero-order chi connectivity index (χ0) is 26.5.